The number of nitro groups is 1. The van der Waals surface area contributed by atoms with E-state index in [1.165, 1.54) is 6.07 Å². The SMILES string of the molecule is N#Cc1cc(Br)c(CC(=O)O)c([N+](=O)[O-])c1. The van der Waals surface area contributed by atoms with Crippen molar-refractivity contribution >= 4 is 27.6 Å². The van der Waals surface area contributed by atoms with E-state index in [0.717, 1.165) is 6.07 Å². The van der Waals surface area contributed by atoms with Crippen molar-refractivity contribution in [1.82, 2.24) is 0 Å². The van der Waals surface area contributed by atoms with Crippen LogP contribution >= 0.6 is 15.9 Å². The molecule has 0 aliphatic heterocycles. The van der Waals surface area contributed by atoms with Gasteiger partial charge in [-0.3, -0.25) is 14.9 Å². The summed E-state index contributed by atoms with van der Waals surface area (Å²) in [6, 6.07) is 4.17. The fraction of sp³-hybridized carbons (Fsp3) is 0.111. The third-order valence-electron chi connectivity index (χ3n) is 1.83. The molecule has 0 saturated carbocycles. The van der Waals surface area contributed by atoms with Crippen molar-refractivity contribution in [3.63, 3.8) is 0 Å². The second-order valence-corrected chi connectivity index (χ2v) is 3.75. The Morgan fingerprint density at radius 3 is 2.69 bits per heavy atom. The Morgan fingerprint density at radius 2 is 2.25 bits per heavy atom. The molecule has 1 aromatic carbocycles. The Bertz CT molecular complexity index is 507. The van der Waals surface area contributed by atoms with Crippen LogP contribution in [0.3, 0.4) is 0 Å². The van der Waals surface area contributed by atoms with Gasteiger partial charge in [0, 0.05) is 10.5 Å². The summed E-state index contributed by atoms with van der Waals surface area (Å²) in [5.41, 5.74) is -0.211. The fourth-order valence-electron chi connectivity index (χ4n) is 1.18. The third-order valence-corrected chi connectivity index (χ3v) is 2.53. The van der Waals surface area contributed by atoms with Gasteiger partial charge in [-0.15, -0.1) is 0 Å². The summed E-state index contributed by atoms with van der Waals surface area (Å²) in [4.78, 5) is 20.5. The Balaban J connectivity index is 3.41. The van der Waals surface area contributed by atoms with Crippen LogP contribution in [0.15, 0.2) is 16.6 Å². The number of carbonyl (C=O) groups is 1. The van der Waals surface area contributed by atoms with E-state index in [4.69, 9.17) is 10.4 Å². The molecule has 0 amide bonds. The minimum absolute atomic E-state index is 0.0523. The van der Waals surface area contributed by atoms with Crippen LogP contribution in [0.2, 0.25) is 0 Å². The van der Waals surface area contributed by atoms with Gasteiger partial charge in [-0.2, -0.15) is 5.26 Å². The Kier molecular flexibility index (Phi) is 3.58. The summed E-state index contributed by atoms with van der Waals surface area (Å²) < 4.78 is 0.251. The van der Waals surface area contributed by atoms with Crippen LogP contribution in [0.25, 0.3) is 0 Å². The van der Waals surface area contributed by atoms with Gasteiger partial charge >= 0.3 is 5.97 Å². The molecule has 0 heterocycles. The highest BCUT2D eigenvalue weighted by Crippen LogP contribution is 2.29. The maximum Gasteiger partial charge on any atom is 0.308 e. The van der Waals surface area contributed by atoms with Crippen LogP contribution in [0.4, 0.5) is 5.69 Å². The lowest BCUT2D eigenvalue weighted by Crippen LogP contribution is -2.05. The number of carboxylic acid groups (broad SMARTS) is 1. The lowest BCUT2D eigenvalue weighted by atomic mass is 10.1. The maximum absolute atomic E-state index is 10.7. The van der Waals surface area contributed by atoms with Gasteiger partial charge < -0.3 is 5.11 Å². The number of nitro benzene ring substituents is 1. The Morgan fingerprint density at radius 1 is 1.62 bits per heavy atom. The smallest absolute Gasteiger partial charge is 0.308 e. The number of hydrogen-bond acceptors (Lipinski definition) is 4. The lowest BCUT2D eigenvalue weighted by molar-refractivity contribution is -0.385. The average molecular weight is 285 g/mol. The number of nitrogens with zero attached hydrogens (tertiary/aromatic N) is 2. The predicted molar refractivity (Wildman–Crippen MR) is 56.9 cm³/mol. The number of halogens is 1. The van der Waals surface area contributed by atoms with E-state index in [9.17, 15) is 14.9 Å². The summed E-state index contributed by atoms with van der Waals surface area (Å²) in [5, 5.41) is 28.0. The average Bonchev–Trinajstić information content (AvgIpc) is 2.19. The van der Waals surface area contributed by atoms with Gasteiger partial charge in [0.2, 0.25) is 0 Å². The van der Waals surface area contributed by atoms with Crippen LogP contribution in [0.1, 0.15) is 11.1 Å². The van der Waals surface area contributed by atoms with Crippen LogP contribution in [-0.2, 0) is 11.2 Å². The maximum atomic E-state index is 10.7. The van der Waals surface area contributed by atoms with E-state index < -0.39 is 17.3 Å². The van der Waals surface area contributed by atoms with Gasteiger partial charge in [0.15, 0.2) is 0 Å². The van der Waals surface area contributed by atoms with Crippen molar-refractivity contribution in [3.8, 4) is 6.07 Å². The summed E-state index contributed by atoms with van der Waals surface area (Å²) in [6.07, 6.45) is -0.470. The zero-order valence-electron chi connectivity index (χ0n) is 7.81. The number of carboxylic acids is 1. The van der Waals surface area contributed by atoms with E-state index in [-0.39, 0.29) is 21.3 Å². The summed E-state index contributed by atoms with van der Waals surface area (Å²) in [5.74, 6) is -1.17. The molecule has 0 bridgehead atoms. The van der Waals surface area contributed by atoms with Crippen LogP contribution in [-0.4, -0.2) is 16.0 Å². The van der Waals surface area contributed by atoms with Gasteiger partial charge in [0.05, 0.1) is 28.5 Å². The van der Waals surface area contributed by atoms with Gasteiger partial charge in [-0.1, -0.05) is 15.9 Å². The van der Waals surface area contributed by atoms with Crippen molar-refractivity contribution in [1.29, 1.82) is 5.26 Å². The van der Waals surface area contributed by atoms with E-state index >= 15 is 0 Å². The molecule has 6 nitrogen and oxygen atoms in total. The molecule has 0 fully saturated rings. The number of aliphatic carboxylic acids is 1. The van der Waals surface area contributed by atoms with Gasteiger partial charge in [0.25, 0.3) is 5.69 Å². The molecule has 0 aliphatic carbocycles. The number of hydrogen-bond donors (Lipinski definition) is 1. The highest BCUT2D eigenvalue weighted by atomic mass is 79.9. The molecular formula is C9H5BrN2O4. The minimum Gasteiger partial charge on any atom is -0.481 e. The van der Waals surface area contributed by atoms with Crippen LogP contribution in [0, 0.1) is 21.4 Å². The number of nitriles is 1. The molecule has 0 aliphatic rings. The second kappa shape index (κ2) is 4.72. The molecule has 0 saturated heterocycles. The van der Waals surface area contributed by atoms with Crippen LogP contribution < -0.4 is 0 Å². The number of rotatable bonds is 3. The zero-order chi connectivity index (χ0) is 12.3. The molecule has 0 spiro atoms. The molecule has 0 atom stereocenters. The van der Waals surface area contributed by atoms with Gasteiger partial charge in [-0.25, -0.2) is 0 Å². The minimum atomic E-state index is -1.17. The summed E-state index contributed by atoms with van der Waals surface area (Å²) in [6.45, 7) is 0. The molecule has 0 radical (unpaired) electrons. The lowest BCUT2D eigenvalue weighted by Gasteiger charge is -2.03. The standard InChI is InChI=1S/C9H5BrN2O4/c10-7-1-5(4-11)2-8(12(15)16)6(7)3-9(13)14/h1-2H,3H2,(H,13,14). The normalized spacial score (nSPS) is 9.50. The first-order chi connectivity index (χ1) is 7.45. The molecule has 82 valence electrons. The predicted octanol–water partition coefficient (Wildman–Crippen LogP) is 1.86. The molecule has 7 heteroatoms. The topological polar surface area (TPSA) is 104 Å². The molecule has 0 unspecified atom stereocenters. The third kappa shape index (κ3) is 2.55. The first-order valence-corrected chi connectivity index (χ1v) is 4.83. The first kappa shape index (κ1) is 12.1. The van der Waals surface area contributed by atoms with Gasteiger partial charge in [-0.05, 0) is 6.07 Å². The number of benzene rings is 1. The molecule has 1 aromatic rings. The largest absolute Gasteiger partial charge is 0.481 e. The molecule has 1 rings (SSSR count). The van der Waals surface area contributed by atoms with Crippen molar-refractivity contribution in [2.75, 3.05) is 0 Å². The molecule has 16 heavy (non-hydrogen) atoms. The fourth-order valence-corrected chi connectivity index (χ4v) is 1.77. The van der Waals surface area contributed by atoms with E-state index in [1.54, 1.807) is 6.07 Å². The van der Waals surface area contributed by atoms with E-state index in [0.29, 0.717) is 0 Å². The molecular weight excluding hydrogens is 280 g/mol. The highest BCUT2D eigenvalue weighted by molar-refractivity contribution is 9.10. The molecule has 0 aromatic heterocycles. The van der Waals surface area contributed by atoms with Crippen molar-refractivity contribution in [2.24, 2.45) is 0 Å². The Hall–Kier alpha value is -1.94. The quantitative estimate of drug-likeness (QED) is 0.674. The highest BCUT2D eigenvalue weighted by Gasteiger charge is 2.20. The molecule has 1 N–H and O–H groups in total. The van der Waals surface area contributed by atoms with E-state index in [2.05, 4.69) is 15.9 Å². The van der Waals surface area contributed by atoms with Crippen molar-refractivity contribution in [3.05, 3.63) is 37.8 Å². The Labute approximate surface area is 98.4 Å². The van der Waals surface area contributed by atoms with E-state index in [1.807, 2.05) is 0 Å². The summed E-state index contributed by atoms with van der Waals surface area (Å²) >= 11 is 3.02. The van der Waals surface area contributed by atoms with Gasteiger partial charge in [0.1, 0.15) is 0 Å². The monoisotopic (exact) mass is 284 g/mol. The van der Waals surface area contributed by atoms with Crippen LogP contribution in [0.5, 0.6) is 0 Å². The zero-order valence-corrected chi connectivity index (χ0v) is 9.39. The summed E-state index contributed by atoms with van der Waals surface area (Å²) in [7, 11) is 0. The van der Waals surface area contributed by atoms with Crippen molar-refractivity contribution in [2.45, 2.75) is 6.42 Å². The second-order valence-electron chi connectivity index (χ2n) is 2.90. The first-order valence-electron chi connectivity index (χ1n) is 4.04. The van der Waals surface area contributed by atoms with Crippen molar-refractivity contribution < 1.29 is 14.8 Å².